The van der Waals surface area contributed by atoms with Crippen LogP contribution in [0.2, 0.25) is 0 Å². The molecule has 1 rings (SSSR count). The summed E-state index contributed by atoms with van der Waals surface area (Å²) < 4.78 is 42.3. The van der Waals surface area contributed by atoms with E-state index in [1.54, 1.807) is 0 Å². The van der Waals surface area contributed by atoms with E-state index in [0.717, 1.165) is 19.2 Å². The SMILES string of the molecule is COc1c(C(=O)CN)cccc1C(F)(F)F. The third-order valence-corrected chi connectivity index (χ3v) is 2.01. The van der Waals surface area contributed by atoms with Gasteiger partial charge in [0.25, 0.3) is 0 Å². The van der Waals surface area contributed by atoms with Crippen LogP contribution < -0.4 is 10.5 Å². The average Bonchev–Trinajstić information content (AvgIpc) is 2.25. The molecule has 0 amide bonds. The van der Waals surface area contributed by atoms with Crippen LogP contribution in [0, 0.1) is 0 Å². The van der Waals surface area contributed by atoms with Crippen LogP contribution in [0.15, 0.2) is 18.2 Å². The van der Waals surface area contributed by atoms with Gasteiger partial charge in [0, 0.05) is 0 Å². The topological polar surface area (TPSA) is 52.3 Å². The lowest BCUT2D eigenvalue weighted by atomic mass is 10.0. The number of carbonyl (C=O) groups is 1. The molecule has 0 spiro atoms. The number of benzene rings is 1. The Morgan fingerprint density at radius 3 is 2.50 bits per heavy atom. The molecule has 0 aliphatic carbocycles. The van der Waals surface area contributed by atoms with Crippen molar-refractivity contribution in [2.75, 3.05) is 13.7 Å². The number of rotatable bonds is 3. The number of hydrogen-bond donors (Lipinski definition) is 1. The molecule has 6 heteroatoms. The van der Waals surface area contributed by atoms with Crippen LogP contribution in [0.4, 0.5) is 13.2 Å². The average molecular weight is 233 g/mol. The molecule has 0 aromatic heterocycles. The van der Waals surface area contributed by atoms with Crippen molar-refractivity contribution in [2.45, 2.75) is 6.18 Å². The third kappa shape index (κ3) is 2.33. The normalized spacial score (nSPS) is 11.3. The Morgan fingerprint density at radius 1 is 1.44 bits per heavy atom. The highest BCUT2D eigenvalue weighted by Gasteiger charge is 2.35. The molecule has 1 aromatic carbocycles. The van der Waals surface area contributed by atoms with E-state index >= 15 is 0 Å². The minimum Gasteiger partial charge on any atom is -0.495 e. The van der Waals surface area contributed by atoms with E-state index < -0.39 is 23.3 Å². The highest BCUT2D eigenvalue weighted by molar-refractivity contribution is 6.00. The van der Waals surface area contributed by atoms with Gasteiger partial charge in [0.1, 0.15) is 5.75 Å². The molecule has 2 N–H and O–H groups in total. The molecule has 0 saturated heterocycles. The minimum absolute atomic E-state index is 0.153. The molecule has 0 saturated carbocycles. The van der Waals surface area contributed by atoms with Crippen LogP contribution in [0.3, 0.4) is 0 Å². The van der Waals surface area contributed by atoms with Crippen molar-refractivity contribution in [3.8, 4) is 5.75 Å². The fourth-order valence-electron chi connectivity index (χ4n) is 1.31. The Morgan fingerprint density at radius 2 is 2.06 bits per heavy atom. The van der Waals surface area contributed by atoms with E-state index in [9.17, 15) is 18.0 Å². The van der Waals surface area contributed by atoms with Crippen molar-refractivity contribution >= 4 is 5.78 Å². The zero-order valence-corrected chi connectivity index (χ0v) is 8.47. The fourth-order valence-corrected chi connectivity index (χ4v) is 1.31. The molecule has 1 aromatic rings. The van der Waals surface area contributed by atoms with Gasteiger partial charge >= 0.3 is 6.18 Å². The van der Waals surface area contributed by atoms with Crippen LogP contribution in [-0.4, -0.2) is 19.4 Å². The van der Waals surface area contributed by atoms with Crippen molar-refractivity contribution < 1.29 is 22.7 Å². The number of hydrogen-bond acceptors (Lipinski definition) is 3. The predicted molar refractivity (Wildman–Crippen MR) is 51.4 cm³/mol. The number of ketones is 1. The van der Waals surface area contributed by atoms with Gasteiger partial charge in [0.2, 0.25) is 0 Å². The molecule has 0 unspecified atom stereocenters. The van der Waals surface area contributed by atoms with Crippen molar-refractivity contribution in [2.24, 2.45) is 5.73 Å². The van der Waals surface area contributed by atoms with Gasteiger partial charge in [0.15, 0.2) is 5.78 Å². The lowest BCUT2D eigenvalue weighted by molar-refractivity contribution is -0.138. The number of Topliss-reactive ketones (excluding diaryl/α,β-unsaturated/α-hetero) is 1. The summed E-state index contributed by atoms with van der Waals surface area (Å²) in [7, 11) is 1.08. The number of ether oxygens (including phenoxy) is 1. The number of alkyl halides is 3. The van der Waals surface area contributed by atoms with Crippen molar-refractivity contribution in [3.63, 3.8) is 0 Å². The summed E-state index contributed by atoms with van der Waals surface area (Å²) in [5.74, 6) is -1.08. The Kier molecular flexibility index (Phi) is 3.54. The summed E-state index contributed by atoms with van der Waals surface area (Å²) in [5, 5.41) is 0. The molecule has 16 heavy (non-hydrogen) atoms. The largest absolute Gasteiger partial charge is 0.495 e. The lowest BCUT2D eigenvalue weighted by Gasteiger charge is -2.14. The monoisotopic (exact) mass is 233 g/mol. The van der Waals surface area contributed by atoms with Crippen molar-refractivity contribution in [3.05, 3.63) is 29.3 Å². The first kappa shape index (κ1) is 12.5. The first-order valence-electron chi connectivity index (χ1n) is 4.39. The maximum absolute atomic E-state index is 12.6. The highest BCUT2D eigenvalue weighted by Crippen LogP contribution is 2.37. The summed E-state index contributed by atoms with van der Waals surface area (Å²) in [6, 6.07) is 3.25. The van der Waals surface area contributed by atoms with Crippen LogP contribution in [0.25, 0.3) is 0 Å². The van der Waals surface area contributed by atoms with Crippen LogP contribution in [0.1, 0.15) is 15.9 Å². The van der Waals surface area contributed by atoms with E-state index in [2.05, 4.69) is 4.74 Å². The number of carbonyl (C=O) groups excluding carboxylic acids is 1. The first-order chi connectivity index (χ1) is 7.41. The molecule has 3 nitrogen and oxygen atoms in total. The maximum atomic E-state index is 12.6. The molecule has 0 radical (unpaired) electrons. The quantitative estimate of drug-likeness (QED) is 0.810. The minimum atomic E-state index is -4.56. The van der Waals surface area contributed by atoms with Crippen LogP contribution in [-0.2, 0) is 6.18 Å². The van der Waals surface area contributed by atoms with Gasteiger partial charge in [-0.1, -0.05) is 6.07 Å². The molecular weight excluding hydrogens is 223 g/mol. The number of halogens is 3. The summed E-state index contributed by atoms with van der Waals surface area (Å²) in [6.45, 7) is -0.363. The Labute approximate surface area is 90.0 Å². The van der Waals surface area contributed by atoms with Crippen molar-refractivity contribution in [1.29, 1.82) is 0 Å². The van der Waals surface area contributed by atoms with Gasteiger partial charge in [-0.25, -0.2) is 0 Å². The molecule has 0 fully saturated rings. The maximum Gasteiger partial charge on any atom is 0.419 e. The number of para-hydroxylation sites is 1. The van der Waals surface area contributed by atoms with Crippen LogP contribution in [0.5, 0.6) is 5.75 Å². The summed E-state index contributed by atoms with van der Waals surface area (Å²) in [4.78, 5) is 11.3. The van der Waals surface area contributed by atoms with Crippen LogP contribution >= 0.6 is 0 Å². The third-order valence-electron chi connectivity index (χ3n) is 2.01. The Hall–Kier alpha value is -1.56. The second-order valence-electron chi connectivity index (χ2n) is 3.01. The summed E-state index contributed by atoms with van der Waals surface area (Å²) in [6.07, 6.45) is -4.56. The summed E-state index contributed by atoms with van der Waals surface area (Å²) in [5.41, 5.74) is 3.97. The summed E-state index contributed by atoms with van der Waals surface area (Å²) >= 11 is 0. The van der Waals surface area contributed by atoms with E-state index in [1.807, 2.05) is 0 Å². The van der Waals surface area contributed by atoms with Gasteiger partial charge in [-0.05, 0) is 12.1 Å². The molecule has 0 aliphatic rings. The van der Waals surface area contributed by atoms with Gasteiger partial charge < -0.3 is 10.5 Å². The van der Waals surface area contributed by atoms with E-state index in [-0.39, 0.29) is 12.1 Å². The molecule has 0 bridgehead atoms. The van der Waals surface area contributed by atoms with E-state index in [1.165, 1.54) is 6.07 Å². The van der Waals surface area contributed by atoms with Gasteiger partial charge in [-0.15, -0.1) is 0 Å². The van der Waals surface area contributed by atoms with E-state index in [0.29, 0.717) is 0 Å². The van der Waals surface area contributed by atoms with E-state index in [4.69, 9.17) is 5.73 Å². The smallest absolute Gasteiger partial charge is 0.419 e. The lowest BCUT2D eigenvalue weighted by Crippen LogP contribution is -2.17. The van der Waals surface area contributed by atoms with Gasteiger partial charge in [-0.3, -0.25) is 4.79 Å². The number of nitrogens with two attached hydrogens (primary N) is 1. The zero-order chi connectivity index (χ0) is 12.3. The molecule has 0 heterocycles. The van der Waals surface area contributed by atoms with Gasteiger partial charge in [0.05, 0.1) is 24.8 Å². The molecule has 0 aliphatic heterocycles. The first-order valence-corrected chi connectivity index (χ1v) is 4.39. The second kappa shape index (κ2) is 4.52. The fraction of sp³-hybridized carbons (Fsp3) is 0.300. The molecule has 88 valence electrons. The number of methoxy groups -OCH3 is 1. The zero-order valence-electron chi connectivity index (χ0n) is 8.47. The molecule has 0 atom stereocenters. The second-order valence-corrected chi connectivity index (χ2v) is 3.01. The predicted octanol–water partition coefficient (Wildman–Crippen LogP) is 1.86. The highest BCUT2D eigenvalue weighted by atomic mass is 19.4. The Bertz CT molecular complexity index is 402. The van der Waals surface area contributed by atoms with Gasteiger partial charge in [-0.2, -0.15) is 13.2 Å². The molecular formula is C10H10F3NO2. The Balaban J connectivity index is 3.38. The van der Waals surface area contributed by atoms with Crippen molar-refractivity contribution in [1.82, 2.24) is 0 Å². The standard InChI is InChI=1S/C10H10F3NO2/c1-16-9-6(8(15)5-14)3-2-4-7(9)10(11,12)13/h2-4H,5,14H2,1H3.